The van der Waals surface area contributed by atoms with Crippen molar-refractivity contribution in [2.24, 2.45) is 0 Å². The lowest BCUT2D eigenvalue weighted by molar-refractivity contribution is 1.03. The molecule has 1 aromatic carbocycles. The smallest absolute Gasteiger partial charge is 0.103 e. The molecule has 70 valence electrons. The van der Waals surface area contributed by atoms with E-state index in [-0.39, 0.29) is 6.04 Å². The first-order valence-electron chi connectivity index (χ1n) is 4.10. The Balaban J connectivity index is 3.05. The van der Waals surface area contributed by atoms with Crippen molar-refractivity contribution < 1.29 is 0 Å². The van der Waals surface area contributed by atoms with Crippen LogP contribution in [0.1, 0.15) is 12.5 Å². The molecular weight excluding hydrogens is 196 g/mol. The van der Waals surface area contributed by atoms with Crippen molar-refractivity contribution in [3.8, 4) is 18.4 Å². The van der Waals surface area contributed by atoms with E-state index in [1.165, 1.54) is 0 Å². The van der Waals surface area contributed by atoms with Crippen LogP contribution in [-0.2, 0) is 0 Å². The Bertz CT molecular complexity index is 412. The molecule has 0 aliphatic carbocycles. The van der Waals surface area contributed by atoms with Crippen molar-refractivity contribution in [1.82, 2.24) is 0 Å². The van der Waals surface area contributed by atoms with Crippen molar-refractivity contribution >= 4 is 17.3 Å². The first kappa shape index (κ1) is 10.4. The summed E-state index contributed by atoms with van der Waals surface area (Å²) in [4.78, 5) is 0. The fourth-order valence-corrected chi connectivity index (χ4v) is 1.25. The van der Waals surface area contributed by atoms with Crippen molar-refractivity contribution in [2.75, 3.05) is 5.32 Å². The maximum Gasteiger partial charge on any atom is 0.103 e. The number of hydrogen-bond donors (Lipinski definition) is 1. The van der Waals surface area contributed by atoms with Crippen LogP contribution in [-0.4, -0.2) is 6.04 Å². The Kier molecular flexibility index (Phi) is 3.40. The number of terminal acetylenes is 1. The van der Waals surface area contributed by atoms with Gasteiger partial charge < -0.3 is 5.32 Å². The van der Waals surface area contributed by atoms with Gasteiger partial charge in [0.15, 0.2) is 0 Å². The highest BCUT2D eigenvalue weighted by Gasteiger charge is 2.06. The van der Waals surface area contributed by atoms with Crippen molar-refractivity contribution in [2.45, 2.75) is 13.0 Å². The summed E-state index contributed by atoms with van der Waals surface area (Å²) in [6.45, 7) is 1.84. The van der Waals surface area contributed by atoms with Crippen LogP contribution in [0, 0.1) is 23.7 Å². The van der Waals surface area contributed by atoms with Crippen molar-refractivity contribution in [1.29, 1.82) is 5.26 Å². The van der Waals surface area contributed by atoms with Crippen LogP contribution >= 0.6 is 11.6 Å². The van der Waals surface area contributed by atoms with Gasteiger partial charge in [-0.1, -0.05) is 23.6 Å². The van der Waals surface area contributed by atoms with E-state index in [1.54, 1.807) is 18.2 Å². The summed E-state index contributed by atoms with van der Waals surface area (Å²) in [7, 11) is 0. The predicted octanol–water partition coefficient (Wildman–Crippen LogP) is 2.65. The minimum absolute atomic E-state index is 0.124. The summed E-state index contributed by atoms with van der Waals surface area (Å²) in [5, 5.41) is 12.3. The van der Waals surface area contributed by atoms with E-state index < -0.39 is 0 Å². The average molecular weight is 205 g/mol. The van der Waals surface area contributed by atoms with Gasteiger partial charge in [0.25, 0.3) is 0 Å². The fourth-order valence-electron chi connectivity index (χ4n) is 1.03. The van der Waals surface area contributed by atoms with Crippen LogP contribution in [0.4, 0.5) is 5.69 Å². The zero-order valence-corrected chi connectivity index (χ0v) is 8.47. The predicted molar refractivity (Wildman–Crippen MR) is 58.1 cm³/mol. The van der Waals surface area contributed by atoms with Crippen molar-refractivity contribution in [3.63, 3.8) is 0 Å². The minimum Gasteiger partial charge on any atom is -0.371 e. The zero-order chi connectivity index (χ0) is 10.6. The first-order chi connectivity index (χ1) is 6.69. The third-order valence-electron chi connectivity index (χ3n) is 1.75. The van der Waals surface area contributed by atoms with E-state index in [0.29, 0.717) is 16.3 Å². The zero-order valence-electron chi connectivity index (χ0n) is 7.71. The molecule has 2 nitrogen and oxygen atoms in total. The van der Waals surface area contributed by atoms with Gasteiger partial charge in [-0.3, -0.25) is 0 Å². The molecule has 0 saturated carbocycles. The molecule has 0 bridgehead atoms. The molecule has 1 atom stereocenters. The van der Waals surface area contributed by atoms with E-state index in [1.807, 2.05) is 13.0 Å². The molecule has 0 aromatic heterocycles. The summed E-state index contributed by atoms with van der Waals surface area (Å²) in [5.74, 6) is 2.52. The third kappa shape index (κ3) is 2.19. The van der Waals surface area contributed by atoms with Crippen LogP contribution in [0.15, 0.2) is 18.2 Å². The molecular formula is C11H9ClN2. The van der Waals surface area contributed by atoms with Gasteiger partial charge in [-0.2, -0.15) is 5.26 Å². The first-order valence-corrected chi connectivity index (χ1v) is 4.48. The van der Waals surface area contributed by atoms with Gasteiger partial charge in [0, 0.05) is 0 Å². The third-order valence-corrected chi connectivity index (χ3v) is 2.06. The standard InChI is InChI=1S/C11H9ClN2/c1-3-8(2)14-11-6-4-5-10(12)9(11)7-13/h1,4-6,8,14H,2H3. The summed E-state index contributed by atoms with van der Waals surface area (Å²) in [5.41, 5.74) is 1.10. The maximum absolute atomic E-state index is 8.86. The topological polar surface area (TPSA) is 35.8 Å². The van der Waals surface area contributed by atoms with E-state index in [2.05, 4.69) is 11.2 Å². The second-order valence-electron chi connectivity index (χ2n) is 2.81. The lowest BCUT2D eigenvalue weighted by Crippen LogP contribution is -2.13. The van der Waals surface area contributed by atoms with Gasteiger partial charge >= 0.3 is 0 Å². The Morgan fingerprint density at radius 2 is 2.29 bits per heavy atom. The molecule has 1 aromatic rings. The van der Waals surface area contributed by atoms with E-state index in [4.69, 9.17) is 23.3 Å². The summed E-state index contributed by atoms with van der Waals surface area (Å²) < 4.78 is 0. The lowest BCUT2D eigenvalue weighted by atomic mass is 10.2. The highest BCUT2D eigenvalue weighted by Crippen LogP contribution is 2.23. The quantitative estimate of drug-likeness (QED) is 0.752. The van der Waals surface area contributed by atoms with E-state index in [9.17, 15) is 0 Å². The second-order valence-corrected chi connectivity index (χ2v) is 3.21. The van der Waals surface area contributed by atoms with Crippen LogP contribution < -0.4 is 5.32 Å². The van der Waals surface area contributed by atoms with Gasteiger partial charge in [-0.05, 0) is 19.1 Å². The van der Waals surface area contributed by atoms with Gasteiger partial charge in [0.2, 0.25) is 0 Å². The number of anilines is 1. The molecule has 1 rings (SSSR count). The normalized spacial score (nSPS) is 11.1. The number of nitrogens with zero attached hydrogens (tertiary/aromatic N) is 1. The minimum atomic E-state index is -0.124. The molecule has 0 amide bonds. The second kappa shape index (κ2) is 4.56. The Morgan fingerprint density at radius 1 is 1.57 bits per heavy atom. The highest BCUT2D eigenvalue weighted by atomic mass is 35.5. The van der Waals surface area contributed by atoms with E-state index >= 15 is 0 Å². The summed E-state index contributed by atoms with van der Waals surface area (Å²) in [6, 6.07) is 7.13. The highest BCUT2D eigenvalue weighted by molar-refractivity contribution is 6.32. The fraction of sp³-hybridized carbons (Fsp3) is 0.182. The Hall–Kier alpha value is -1.64. The molecule has 0 aliphatic rings. The van der Waals surface area contributed by atoms with Gasteiger partial charge in [-0.15, -0.1) is 6.42 Å². The molecule has 0 fully saturated rings. The number of nitriles is 1. The van der Waals surface area contributed by atoms with Crippen LogP contribution in [0.2, 0.25) is 5.02 Å². The molecule has 3 heteroatoms. The molecule has 14 heavy (non-hydrogen) atoms. The van der Waals surface area contributed by atoms with Crippen LogP contribution in [0.3, 0.4) is 0 Å². The molecule has 0 radical (unpaired) electrons. The van der Waals surface area contributed by atoms with E-state index in [0.717, 1.165) is 0 Å². The molecule has 1 N–H and O–H groups in total. The van der Waals surface area contributed by atoms with Crippen molar-refractivity contribution in [3.05, 3.63) is 28.8 Å². The number of nitrogens with one attached hydrogen (secondary N) is 1. The lowest BCUT2D eigenvalue weighted by Gasteiger charge is -2.11. The Morgan fingerprint density at radius 3 is 2.86 bits per heavy atom. The number of rotatable bonds is 2. The SMILES string of the molecule is C#CC(C)Nc1cccc(Cl)c1C#N. The van der Waals surface area contributed by atoms with Crippen LogP contribution in [0.5, 0.6) is 0 Å². The molecule has 1 unspecified atom stereocenters. The van der Waals surface area contributed by atoms with Gasteiger partial charge in [0.05, 0.1) is 22.3 Å². The van der Waals surface area contributed by atoms with Gasteiger partial charge in [0.1, 0.15) is 6.07 Å². The summed E-state index contributed by atoms with van der Waals surface area (Å²) in [6.07, 6.45) is 5.22. The largest absolute Gasteiger partial charge is 0.371 e. The average Bonchev–Trinajstić information content (AvgIpc) is 2.18. The molecule has 0 spiro atoms. The monoisotopic (exact) mass is 204 g/mol. The number of benzene rings is 1. The number of halogens is 1. The molecule has 0 saturated heterocycles. The van der Waals surface area contributed by atoms with Crippen LogP contribution in [0.25, 0.3) is 0 Å². The molecule has 0 aliphatic heterocycles. The molecule has 0 heterocycles. The van der Waals surface area contributed by atoms with Gasteiger partial charge in [-0.25, -0.2) is 0 Å². The summed E-state index contributed by atoms with van der Waals surface area (Å²) >= 11 is 5.84. The number of hydrogen-bond acceptors (Lipinski definition) is 2. The maximum atomic E-state index is 8.86. The Labute approximate surface area is 88.5 Å².